The minimum atomic E-state index is -2.79. The Morgan fingerprint density at radius 2 is 1.80 bits per heavy atom. The fourth-order valence-corrected chi connectivity index (χ4v) is 7.81. The zero-order chi connectivity index (χ0) is 33.9. The van der Waals surface area contributed by atoms with E-state index in [1.54, 1.807) is 24.3 Å². The summed E-state index contributed by atoms with van der Waals surface area (Å²) in [4.78, 5) is 69.7. The second-order valence-corrected chi connectivity index (χ2v) is 12.4. The van der Waals surface area contributed by atoms with Gasteiger partial charge in [0.15, 0.2) is 46.0 Å². The van der Waals surface area contributed by atoms with E-state index in [4.69, 9.17) is 26.7 Å². The summed E-state index contributed by atoms with van der Waals surface area (Å²) in [7, 11) is 5.97. The summed E-state index contributed by atoms with van der Waals surface area (Å²) in [5.74, 6) is -8.98. The highest BCUT2D eigenvalue weighted by Crippen LogP contribution is 2.56. The quantitative estimate of drug-likeness (QED) is 0.299. The molecule has 13 nitrogen and oxygen atoms in total. The van der Waals surface area contributed by atoms with Crippen LogP contribution in [0.3, 0.4) is 0 Å². The summed E-state index contributed by atoms with van der Waals surface area (Å²) in [6.45, 7) is 0. The Labute approximate surface area is 264 Å². The molecule has 240 valence electrons. The van der Waals surface area contributed by atoms with Crippen molar-refractivity contribution in [1.29, 1.82) is 5.26 Å². The van der Waals surface area contributed by atoms with Gasteiger partial charge in [-0.25, -0.2) is 0 Å². The van der Waals surface area contributed by atoms with Crippen LogP contribution in [0.2, 0.25) is 0 Å². The van der Waals surface area contributed by atoms with Crippen molar-refractivity contribution < 1.29 is 38.6 Å². The van der Waals surface area contributed by atoms with Crippen molar-refractivity contribution in [3.63, 3.8) is 0 Å². The molecule has 3 aliphatic rings. The van der Waals surface area contributed by atoms with Crippen molar-refractivity contribution in [2.45, 2.75) is 36.4 Å². The van der Waals surface area contributed by atoms with Gasteiger partial charge in [-0.2, -0.15) is 5.26 Å². The fourth-order valence-electron chi connectivity index (χ4n) is 7.81. The largest absolute Gasteiger partial charge is 0.507 e. The van der Waals surface area contributed by atoms with E-state index in [0.717, 1.165) is 5.56 Å². The highest BCUT2D eigenvalue weighted by molar-refractivity contribution is 6.33. The number of Topliss-reactive ketones (excluding diaryl/α,β-unsaturated/α-hetero) is 4. The number of ether oxygens (including phenoxy) is 2. The van der Waals surface area contributed by atoms with E-state index in [0.29, 0.717) is 29.0 Å². The number of nitriles is 1. The molecule has 2 aromatic rings. The Hall–Kier alpha value is -4.90. The van der Waals surface area contributed by atoms with E-state index in [1.165, 1.54) is 39.3 Å². The second-order valence-electron chi connectivity index (χ2n) is 12.4. The summed E-state index contributed by atoms with van der Waals surface area (Å²) in [5.41, 5.74) is 13.9. The topological polar surface area (TPSA) is 229 Å². The number of carbonyl (C=O) groups is 5. The molecule has 46 heavy (non-hydrogen) atoms. The molecule has 7 N–H and O–H groups in total. The molecule has 0 bridgehead atoms. The van der Waals surface area contributed by atoms with Gasteiger partial charge < -0.3 is 31.8 Å². The number of hydrogen-bond donors (Lipinski definition) is 4. The molecule has 0 saturated heterocycles. The lowest BCUT2D eigenvalue weighted by Crippen LogP contribution is -2.85. The maximum absolute atomic E-state index is 14.4. The SMILES string of the molecule is COc1cccc(CC=Cc2ccc(O)c3c2C[C@@]2(N)C[C@@]4(N)[C@H](N(C)C)C(=O)C(C(N)=O)C(=O)[C@@]4(C#N)C(=O)C2C3=O)c1OC. The van der Waals surface area contributed by atoms with Crippen LogP contribution >= 0.6 is 0 Å². The number of nitrogens with zero attached hydrogens (tertiary/aromatic N) is 2. The monoisotopic (exact) mass is 629 g/mol. The molecular weight excluding hydrogens is 594 g/mol. The Morgan fingerprint density at radius 3 is 2.39 bits per heavy atom. The van der Waals surface area contributed by atoms with Gasteiger partial charge in [0.05, 0.1) is 37.4 Å². The van der Waals surface area contributed by atoms with Crippen molar-refractivity contribution >= 4 is 35.1 Å². The lowest BCUT2D eigenvalue weighted by molar-refractivity contribution is -0.166. The van der Waals surface area contributed by atoms with Crippen LogP contribution in [0.15, 0.2) is 36.4 Å². The van der Waals surface area contributed by atoms with Crippen LogP contribution in [-0.2, 0) is 32.0 Å². The molecular formula is C33H35N5O8. The summed E-state index contributed by atoms with van der Waals surface area (Å²) < 4.78 is 10.9. The maximum atomic E-state index is 14.4. The highest BCUT2D eigenvalue weighted by Gasteiger charge is 2.78. The number of benzene rings is 2. The summed E-state index contributed by atoms with van der Waals surface area (Å²) in [6.07, 6.45) is 3.32. The predicted octanol–water partition coefficient (Wildman–Crippen LogP) is 0.0816. The molecule has 2 saturated carbocycles. The van der Waals surface area contributed by atoms with E-state index >= 15 is 0 Å². The van der Waals surface area contributed by atoms with Crippen LogP contribution in [-0.4, -0.2) is 84.5 Å². The van der Waals surface area contributed by atoms with Crippen LogP contribution in [0, 0.1) is 28.6 Å². The van der Waals surface area contributed by atoms with Crippen LogP contribution in [0.1, 0.15) is 33.5 Å². The number of ketones is 4. The average molecular weight is 630 g/mol. The molecule has 0 heterocycles. The van der Waals surface area contributed by atoms with Crippen LogP contribution in [0.25, 0.3) is 6.08 Å². The van der Waals surface area contributed by atoms with E-state index < -0.39 is 75.6 Å². The third-order valence-electron chi connectivity index (χ3n) is 9.63. The van der Waals surface area contributed by atoms with E-state index in [9.17, 15) is 34.3 Å². The van der Waals surface area contributed by atoms with Crippen molar-refractivity contribution in [3.8, 4) is 23.3 Å². The minimum absolute atomic E-state index is 0.163. The van der Waals surface area contributed by atoms with Gasteiger partial charge in [-0.1, -0.05) is 30.4 Å². The number of amides is 1. The molecule has 6 atom stereocenters. The third-order valence-corrected chi connectivity index (χ3v) is 9.63. The Kier molecular flexibility index (Phi) is 7.89. The Balaban J connectivity index is 1.63. The molecule has 2 aromatic carbocycles. The molecule has 0 aliphatic heterocycles. The number of hydrogen-bond acceptors (Lipinski definition) is 12. The number of methoxy groups -OCH3 is 2. The second kappa shape index (κ2) is 11.2. The smallest absolute Gasteiger partial charge is 0.235 e. The van der Waals surface area contributed by atoms with E-state index in [1.807, 2.05) is 18.2 Å². The first kappa shape index (κ1) is 32.5. The van der Waals surface area contributed by atoms with Gasteiger partial charge in [0.2, 0.25) is 5.91 Å². The number of carbonyl (C=O) groups excluding carboxylic acids is 5. The maximum Gasteiger partial charge on any atom is 0.235 e. The number of phenolic OH excluding ortho intramolecular Hbond substituents is 1. The van der Waals surface area contributed by atoms with Gasteiger partial charge in [-0.05, 0) is 56.6 Å². The number of likely N-dealkylation sites (N-methyl/N-ethyl adjacent to an activating group) is 1. The molecule has 1 amide bonds. The van der Waals surface area contributed by atoms with Crippen LogP contribution < -0.4 is 26.7 Å². The standard InChI is InChI=1S/C33H35N5O8/c1-38(2)27-25(41)22(30(35)44)28(42)32(15-34)29(43)23-24(40)21-18(13-31(23,36)14-33(27,32)37)16(11-12-19(21)39)7-5-8-17-9-6-10-20(45-3)26(17)46-4/h5-7,9-12,22-23,27,39H,8,13-14,36-37H2,1-4H3,(H2,35,44)/t22?,23?,27-,31-,32+,33-/m1/s1. The molecule has 5 rings (SSSR count). The minimum Gasteiger partial charge on any atom is -0.507 e. The van der Waals surface area contributed by atoms with Gasteiger partial charge in [0.1, 0.15) is 11.7 Å². The predicted molar refractivity (Wildman–Crippen MR) is 164 cm³/mol. The normalized spacial score (nSPS) is 30.4. The number of allylic oxidation sites excluding steroid dienone is 1. The molecule has 0 aromatic heterocycles. The van der Waals surface area contributed by atoms with Gasteiger partial charge in [0, 0.05) is 11.1 Å². The van der Waals surface area contributed by atoms with Gasteiger partial charge >= 0.3 is 0 Å². The zero-order valence-electron chi connectivity index (χ0n) is 25.8. The lowest BCUT2D eigenvalue weighted by Gasteiger charge is -2.60. The van der Waals surface area contributed by atoms with Gasteiger partial charge in [0.25, 0.3) is 0 Å². The third kappa shape index (κ3) is 4.28. The van der Waals surface area contributed by atoms with E-state index in [-0.39, 0.29) is 12.0 Å². The zero-order valence-corrected chi connectivity index (χ0v) is 25.8. The molecule has 2 unspecified atom stereocenters. The fraction of sp³-hybridized carbons (Fsp3) is 0.394. The van der Waals surface area contributed by atoms with Crippen molar-refractivity contribution in [3.05, 3.63) is 58.7 Å². The van der Waals surface area contributed by atoms with E-state index in [2.05, 4.69) is 0 Å². The van der Waals surface area contributed by atoms with Crippen molar-refractivity contribution in [2.24, 2.45) is 34.5 Å². The molecule has 13 heteroatoms. The number of aromatic hydroxyl groups is 1. The van der Waals surface area contributed by atoms with Crippen molar-refractivity contribution in [1.82, 2.24) is 4.90 Å². The highest BCUT2D eigenvalue weighted by atomic mass is 16.5. The number of fused-ring (bicyclic) bond motifs is 3. The Bertz CT molecular complexity index is 1780. The lowest BCUT2D eigenvalue weighted by atomic mass is 9.42. The molecule has 0 spiro atoms. The molecule has 3 aliphatic carbocycles. The Morgan fingerprint density at radius 1 is 1.11 bits per heavy atom. The number of rotatable bonds is 7. The number of phenols is 1. The van der Waals surface area contributed by atoms with Crippen molar-refractivity contribution in [2.75, 3.05) is 28.3 Å². The summed E-state index contributed by atoms with van der Waals surface area (Å²) >= 11 is 0. The van der Waals surface area contributed by atoms with Gasteiger partial charge in [-0.15, -0.1) is 0 Å². The first-order valence-electron chi connectivity index (χ1n) is 14.5. The van der Waals surface area contributed by atoms with Gasteiger partial charge in [-0.3, -0.25) is 28.9 Å². The van der Waals surface area contributed by atoms with Crippen LogP contribution in [0.4, 0.5) is 0 Å². The number of nitrogens with two attached hydrogens (primary N) is 3. The first-order valence-corrected chi connectivity index (χ1v) is 14.5. The number of para-hydroxylation sites is 1. The first-order chi connectivity index (χ1) is 21.6. The molecule has 0 radical (unpaired) electrons. The molecule has 2 fully saturated rings. The summed E-state index contributed by atoms with van der Waals surface area (Å²) in [5, 5.41) is 21.4. The van der Waals surface area contributed by atoms with Crippen LogP contribution in [0.5, 0.6) is 17.2 Å². The number of primary amides is 1. The summed E-state index contributed by atoms with van der Waals surface area (Å²) in [6, 6.07) is 8.59. The average Bonchev–Trinajstić information content (AvgIpc) is 2.97.